The van der Waals surface area contributed by atoms with Gasteiger partial charge in [-0.25, -0.2) is 9.78 Å². The molecule has 5 heteroatoms. The maximum Gasteiger partial charge on any atom is 0.339 e. The second kappa shape index (κ2) is 6.20. The lowest BCUT2D eigenvalue weighted by Crippen LogP contribution is -2.27. The molecular weight excluding hydrogens is 220 g/mol. The molecule has 0 spiro atoms. The van der Waals surface area contributed by atoms with E-state index in [4.69, 9.17) is 5.11 Å². The number of aromatic nitrogens is 1. The average Bonchev–Trinajstić information content (AvgIpc) is 2.35. The minimum Gasteiger partial charge on any atom is -0.465 e. The van der Waals surface area contributed by atoms with Crippen molar-refractivity contribution in [3.05, 3.63) is 23.4 Å². The summed E-state index contributed by atoms with van der Waals surface area (Å²) in [6, 6.07) is 3.46. The van der Waals surface area contributed by atoms with Crippen LogP contribution >= 0.6 is 0 Å². The number of hydrogen-bond acceptors (Lipinski definition) is 5. The van der Waals surface area contributed by atoms with Crippen LogP contribution in [0.4, 0.5) is 5.82 Å². The van der Waals surface area contributed by atoms with E-state index in [0.29, 0.717) is 17.8 Å². The van der Waals surface area contributed by atoms with Gasteiger partial charge in [-0.3, -0.25) is 0 Å². The Morgan fingerprint density at radius 1 is 1.53 bits per heavy atom. The fourth-order valence-corrected chi connectivity index (χ4v) is 1.60. The Bertz CT molecular complexity index is 393. The van der Waals surface area contributed by atoms with Crippen molar-refractivity contribution < 1.29 is 14.6 Å². The lowest BCUT2D eigenvalue weighted by Gasteiger charge is -2.21. The molecule has 1 N–H and O–H groups in total. The molecule has 0 saturated heterocycles. The second-order valence-electron chi connectivity index (χ2n) is 3.60. The van der Waals surface area contributed by atoms with Crippen LogP contribution in [0.2, 0.25) is 0 Å². The molecule has 0 atom stereocenters. The lowest BCUT2D eigenvalue weighted by molar-refractivity contribution is 0.0599. The number of hydrogen-bond donors (Lipinski definition) is 1. The minimum absolute atomic E-state index is 0.0767. The smallest absolute Gasteiger partial charge is 0.339 e. The molecule has 0 radical (unpaired) electrons. The van der Waals surface area contributed by atoms with Gasteiger partial charge >= 0.3 is 5.97 Å². The number of likely N-dealkylation sites (N-methyl/N-ethyl adjacent to an activating group) is 1. The van der Waals surface area contributed by atoms with Crippen molar-refractivity contribution in [1.82, 2.24) is 4.98 Å². The third-order valence-electron chi connectivity index (χ3n) is 2.55. The van der Waals surface area contributed by atoms with Crippen molar-refractivity contribution in [1.29, 1.82) is 0 Å². The first-order chi connectivity index (χ1) is 8.13. The van der Waals surface area contributed by atoms with E-state index in [0.717, 1.165) is 12.4 Å². The van der Waals surface area contributed by atoms with Gasteiger partial charge in [0.2, 0.25) is 0 Å². The Morgan fingerprint density at radius 3 is 2.71 bits per heavy atom. The van der Waals surface area contributed by atoms with E-state index in [1.165, 1.54) is 7.11 Å². The molecular formula is C12H18N2O3. The highest BCUT2D eigenvalue weighted by Crippen LogP contribution is 2.15. The van der Waals surface area contributed by atoms with E-state index in [2.05, 4.69) is 9.72 Å². The molecule has 0 fully saturated rings. The predicted octanol–water partition coefficient (Wildman–Crippen LogP) is 0.995. The van der Waals surface area contributed by atoms with Crippen molar-refractivity contribution >= 4 is 11.8 Å². The summed E-state index contributed by atoms with van der Waals surface area (Å²) in [6.45, 7) is 5.11. The second-order valence-corrected chi connectivity index (χ2v) is 3.60. The Morgan fingerprint density at radius 2 is 2.24 bits per heavy atom. The minimum atomic E-state index is -0.383. The summed E-state index contributed by atoms with van der Waals surface area (Å²) in [4.78, 5) is 17.7. The summed E-state index contributed by atoms with van der Waals surface area (Å²) in [5.41, 5.74) is 1.10. The number of aryl methyl sites for hydroxylation is 1. The highest BCUT2D eigenvalue weighted by molar-refractivity contribution is 5.90. The van der Waals surface area contributed by atoms with E-state index >= 15 is 0 Å². The van der Waals surface area contributed by atoms with E-state index in [1.54, 1.807) is 19.1 Å². The number of carbonyl (C=O) groups excluding carboxylic acids is 1. The van der Waals surface area contributed by atoms with Gasteiger partial charge < -0.3 is 14.7 Å². The van der Waals surface area contributed by atoms with Gasteiger partial charge in [0.25, 0.3) is 0 Å². The molecule has 17 heavy (non-hydrogen) atoms. The topological polar surface area (TPSA) is 62.7 Å². The first-order valence-corrected chi connectivity index (χ1v) is 5.55. The summed E-state index contributed by atoms with van der Waals surface area (Å²) in [6.07, 6.45) is 0. The molecule has 0 aromatic carbocycles. The fraction of sp³-hybridized carbons (Fsp3) is 0.500. The van der Waals surface area contributed by atoms with Crippen molar-refractivity contribution in [3.63, 3.8) is 0 Å². The molecule has 0 unspecified atom stereocenters. The van der Waals surface area contributed by atoms with Crippen LogP contribution in [0, 0.1) is 6.92 Å². The lowest BCUT2D eigenvalue weighted by atomic mass is 10.2. The zero-order chi connectivity index (χ0) is 12.8. The van der Waals surface area contributed by atoms with E-state index in [9.17, 15) is 4.79 Å². The molecule has 0 saturated carbocycles. The highest BCUT2D eigenvalue weighted by atomic mass is 16.5. The summed E-state index contributed by atoms with van der Waals surface area (Å²) < 4.78 is 4.66. The summed E-state index contributed by atoms with van der Waals surface area (Å²) >= 11 is 0. The first kappa shape index (κ1) is 13.4. The van der Waals surface area contributed by atoms with Gasteiger partial charge in [0.1, 0.15) is 5.82 Å². The quantitative estimate of drug-likeness (QED) is 0.775. The third kappa shape index (κ3) is 3.17. The molecule has 94 valence electrons. The Labute approximate surface area is 101 Å². The Hall–Kier alpha value is -1.62. The molecule has 0 amide bonds. The third-order valence-corrected chi connectivity index (χ3v) is 2.55. The van der Waals surface area contributed by atoms with Gasteiger partial charge in [-0.2, -0.15) is 0 Å². The zero-order valence-corrected chi connectivity index (χ0v) is 10.4. The van der Waals surface area contributed by atoms with Crippen LogP contribution in [0.25, 0.3) is 0 Å². The van der Waals surface area contributed by atoms with Gasteiger partial charge in [-0.05, 0) is 26.0 Å². The number of methoxy groups -OCH3 is 1. The maximum absolute atomic E-state index is 11.4. The van der Waals surface area contributed by atoms with Crippen LogP contribution < -0.4 is 4.90 Å². The van der Waals surface area contributed by atoms with Gasteiger partial charge in [0.15, 0.2) is 0 Å². The number of carbonyl (C=O) groups is 1. The predicted molar refractivity (Wildman–Crippen MR) is 65.3 cm³/mol. The van der Waals surface area contributed by atoms with Gasteiger partial charge in [-0.15, -0.1) is 0 Å². The van der Waals surface area contributed by atoms with Gasteiger partial charge in [-0.1, -0.05) is 0 Å². The van der Waals surface area contributed by atoms with Crippen molar-refractivity contribution in [2.75, 3.05) is 31.7 Å². The number of anilines is 1. The van der Waals surface area contributed by atoms with Crippen molar-refractivity contribution in [2.24, 2.45) is 0 Å². The number of rotatable bonds is 5. The Kier molecular flexibility index (Phi) is 4.90. The molecule has 1 aromatic heterocycles. The standard InChI is InChI=1S/C12H18N2O3/c1-4-14(7-8-15)11-6-5-10(9(2)13-11)12(16)17-3/h5-6,15H,4,7-8H2,1-3H3. The molecule has 0 aliphatic rings. The number of esters is 1. The molecule has 1 heterocycles. The van der Waals surface area contributed by atoms with Crippen LogP contribution in [0.5, 0.6) is 0 Å². The fourth-order valence-electron chi connectivity index (χ4n) is 1.60. The normalized spacial score (nSPS) is 10.1. The van der Waals surface area contributed by atoms with Gasteiger partial charge in [0.05, 0.1) is 25.0 Å². The first-order valence-electron chi connectivity index (χ1n) is 5.55. The number of ether oxygens (including phenoxy) is 1. The van der Waals surface area contributed by atoms with Gasteiger partial charge in [0, 0.05) is 13.1 Å². The maximum atomic E-state index is 11.4. The van der Waals surface area contributed by atoms with E-state index in [-0.39, 0.29) is 12.6 Å². The van der Waals surface area contributed by atoms with Crippen molar-refractivity contribution in [3.8, 4) is 0 Å². The van der Waals surface area contributed by atoms with Crippen LogP contribution in [0.3, 0.4) is 0 Å². The number of nitrogens with zero attached hydrogens (tertiary/aromatic N) is 2. The number of aliphatic hydroxyl groups is 1. The Balaban J connectivity index is 2.98. The summed E-state index contributed by atoms with van der Waals surface area (Å²) in [5.74, 6) is 0.374. The molecule has 5 nitrogen and oxygen atoms in total. The highest BCUT2D eigenvalue weighted by Gasteiger charge is 2.12. The van der Waals surface area contributed by atoms with Crippen LogP contribution in [0.15, 0.2) is 12.1 Å². The SMILES string of the molecule is CCN(CCO)c1ccc(C(=O)OC)c(C)n1. The molecule has 1 aromatic rings. The molecule has 0 bridgehead atoms. The molecule has 0 aliphatic heterocycles. The van der Waals surface area contributed by atoms with Crippen LogP contribution in [-0.4, -0.2) is 42.9 Å². The van der Waals surface area contributed by atoms with Crippen LogP contribution in [0.1, 0.15) is 23.0 Å². The number of aliphatic hydroxyl groups excluding tert-OH is 1. The van der Waals surface area contributed by atoms with Crippen molar-refractivity contribution in [2.45, 2.75) is 13.8 Å². The molecule has 1 rings (SSSR count). The monoisotopic (exact) mass is 238 g/mol. The molecule has 0 aliphatic carbocycles. The van der Waals surface area contributed by atoms with E-state index < -0.39 is 0 Å². The average molecular weight is 238 g/mol. The summed E-state index contributed by atoms with van der Waals surface area (Å²) in [5, 5.41) is 8.94. The summed E-state index contributed by atoms with van der Waals surface area (Å²) in [7, 11) is 1.35. The van der Waals surface area contributed by atoms with E-state index in [1.807, 2.05) is 11.8 Å². The van der Waals surface area contributed by atoms with Crippen LogP contribution in [-0.2, 0) is 4.74 Å². The number of pyridine rings is 1. The zero-order valence-electron chi connectivity index (χ0n) is 10.4. The largest absolute Gasteiger partial charge is 0.465 e.